The molecular weight excluding hydrogens is 480 g/mol. The van der Waals surface area contributed by atoms with Gasteiger partial charge >= 0.3 is 5.97 Å². The number of hydrogen-bond acceptors (Lipinski definition) is 7. The van der Waals surface area contributed by atoms with E-state index in [4.69, 9.17) is 17.3 Å². The Balaban J connectivity index is 1.77. The minimum atomic E-state index is -1.37. The third-order valence-corrected chi connectivity index (χ3v) is 6.05. The zero-order valence-electron chi connectivity index (χ0n) is 20.8. The number of aromatic nitrogens is 2. The van der Waals surface area contributed by atoms with Crippen molar-refractivity contribution < 1.29 is 19.9 Å². The first-order valence-electron chi connectivity index (χ1n) is 11.2. The number of aliphatic imine (C=N–C) groups is 1. The van der Waals surface area contributed by atoms with E-state index in [1.165, 1.54) is 23.8 Å². The van der Waals surface area contributed by atoms with Crippen molar-refractivity contribution in [2.24, 2.45) is 12.0 Å². The number of nitro benzene ring substituents is 1. The number of carboxylic acids is 1. The average molecular weight is 509 g/mol. The van der Waals surface area contributed by atoms with Crippen LogP contribution in [0.15, 0.2) is 47.5 Å². The molecule has 0 fully saturated rings. The van der Waals surface area contributed by atoms with E-state index in [9.17, 15) is 20.0 Å². The number of benzene rings is 2. The maximum absolute atomic E-state index is 11.2. The van der Waals surface area contributed by atoms with Gasteiger partial charge in [-0.25, -0.2) is 4.79 Å². The van der Waals surface area contributed by atoms with Gasteiger partial charge in [0.25, 0.3) is 5.69 Å². The molecule has 3 rings (SSSR count). The fraction of sp³-hybridized carbons (Fsp3) is 0.308. The Hall–Kier alpha value is -3.92. The van der Waals surface area contributed by atoms with Crippen molar-refractivity contribution in [3.05, 3.63) is 75.0 Å². The van der Waals surface area contributed by atoms with Gasteiger partial charge in [0.15, 0.2) is 5.75 Å². The van der Waals surface area contributed by atoms with Crippen LogP contribution < -0.4 is 0 Å². The summed E-state index contributed by atoms with van der Waals surface area (Å²) < 4.78 is 1.61. The molecule has 36 heavy (non-hydrogen) atoms. The molecular formula is C26H28N4O5S. The maximum Gasteiger partial charge on any atom is 0.342 e. The maximum atomic E-state index is 11.2. The highest BCUT2D eigenvalue weighted by Gasteiger charge is 2.22. The minimum Gasteiger partial charge on any atom is -0.504 e. The van der Waals surface area contributed by atoms with E-state index in [-0.39, 0.29) is 29.7 Å². The number of aromatic carboxylic acids is 1. The summed E-state index contributed by atoms with van der Waals surface area (Å²) in [7, 11) is 1.75. The van der Waals surface area contributed by atoms with Gasteiger partial charge in [-0.2, -0.15) is 5.10 Å². The van der Waals surface area contributed by atoms with Gasteiger partial charge in [0.1, 0.15) is 17.0 Å². The molecule has 0 amide bonds. The molecule has 0 aliphatic heterocycles. The van der Waals surface area contributed by atoms with Crippen LogP contribution in [-0.4, -0.2) is 48.0 Å². The molecule has 0 bridgehead atoms. The molecule has 3 aromatic rings. The minimum absolute atomic E-state index is 0.0169. The van der Waals surface area contributed by atoms with Crippen molar-refractivity contribution in [3.8, 4) is 17.0 Å². The van der Waals surface area contributed by atoms with Gasteiger partial charge in [-0.15, -0.1) is 0 Å². The first-order chi connectivity index (χ1) is 16.8. The summed E-state index contributed by atoms with van der Waals surface area (Å²) in [5.41, 5.74) is 3.11. The number of carboxylic acid groups (broad SMARTS) is 1. The number of aryl methyl sites for hydroxylation is 1. The lowest BCUT2D eigenvalue weighted by Gasteiger charge is -2.19. The lowest BCUT2D eigenvalue weighted by atomic mass is 9.86. The highest BCUT2D eigenvalue weighted by molar-refractivity contribution is 7.80. The largest absolute Gasteiger partial charge is 0.504 e. The number of rotatable bonds is 8. The summed E-state index contributed by atoms with van der Waals surface area (Å²) in [5, 5.41) is 35.7. The molecule has 0 atom stereocenters. The molecule has 0 saturated heterocycles. The Bertz CT molecular complexity index is 1370. The van der Waals surface area contributed by atoms with Crippen LogP contribution in [0, 0.1) is 10.1 Å². The van der Waals surface area contributed by atoms with Crippen LogP contribution in [-0.2, 0) is 18.9 Å². The van der Waals surface area contributed by atoms with E-state index in [1.54, 1.807) is 18.7 Å². The number of hydrogen-bond donors (Lipinski definition) is 2. The fourth-order valence-electron chi connectivity index (χ4n) is 3.79. The summed E-state index contributed by atoms with van der Waals surface area (Å²) >= 11 is 5.40. The number of nitrogens with zero attached hydrogens (tertiary/aromatic N) is 4. The van der Waals surface area contributed by atoms with Gasteiger partial charge in [0.2, 0.25) is 0 Å². The van der Waals surface area contributed by atoms with Gasteiger partial charge in [-0.3, -0.25) is 19.8 Å². The second kappa shape index (κ2) is 10.4. The molecule has 0 radical (unpaired) electrons. The van der Waals surface area contributed by atoms with Crippen molar-refractivity contribution >= 4 is 34.5 Å². The average Bonchev–Trinajstić information content (AvgIpc) is 3.10. The molecule has 0 aliphatic rings. The molecule has 188 valence electrons. The van der Waals surface area contributed by atoms with Gasteiger partial charge in [0.05, 0.1) is 17.2 Å². The lowest BCUT2D eigenvalue weighted by Crippen LogP contribution is -2.10. The Kier molecular flexibility index (Phi) is 7.68. The topological polar surface area (TPSA) is 131 Å². The highest BCUT2D eigenvalue weighted by Crippen LogP contribution is 2.33. The third kappa shape index (κ3) is 5.83. The van der Waals surface area contributed by atoms with Crippen molar-refractivity contribution in [1.29, 1.82) is 0 Å². The van der Waals surface area contributed by atoms with Gasteiger partial charge in [-0.05, 0) is 29.5 Å². The van der Waals surface area contributed by atoms with Crippen molar-refractivity contribution in [2.45, 2.75) is 39.5 Å². The zero-order chi connectivity index (χ0) is 26.8. The van der Waals surface area contributed by atoms with Crippen LogP contribution in [0.3, 0.4) is 0 Å². The standard InChI is InChI=1S/C26H28N4O5S/c1-15(27-14-19(36)12-16-6-11-20(25(32)33)21(13-16)30(34)35)22-24(31)23(29(5)28-22)17-7-9-18(10-8-17)26(2,3)4/h6-11,13,31H,12,14H2,1-5H3,(H,32,33). The molecule has 1 heterocycles. The van der Waals surface area contributed by atoms with E-state index in [0.717, 1.165) is 5.56 Å². The second-order valence-electron chi connectivity index (χ2n) is 9.53. The SMILES string of the molecule is CC(=NCC(=S)Cc1ccc(C(=O)O)c([N+](=O)[O-])c1)c1nn(C)c(-c2ccc(C(C)(C)C)cc2)c1O. The van der Waals surface area contributed by atoms with Crippen LogP contribution in [0.25, 0.3) is 11.3 Å². The Morgan fingerprint density at radius 3 is 2.39 bits per heavy atom. The van der Waals surface area contributed by atoms with E-state index < -0.39 is 16.6 Å². The van der Waals surface area contributed by atoms with E-state index in [2.05, 4.69) is 30.9 Å². The third-order valence-electron chi connectivity index (χ3n) is 5.77. The summed E-state index contributed by atoms with van der Waals surface area (Å²) in [6, 6.07) is 11.9. The van der Waals surface area contributed by atoms with Crippen molar-refractivity contribution in [1.82, 2.24) is 9.78 Å². The number of thiocarbonyl (C=S) groups is 1. The molecule has 0 saturated carbocycles. The molecule has 1 aromatic heterocycles. The predicted octanol–water partition coefficient (Wildman–Crippen LogP) is 5.12. The smallest absolute Gasteiger partial charge is 0.342 e. The normalized spacial score (nSPS) is 12.0. The van der Waals surface area contributed by atoms with Gasteiger partial charge < -0.3 is 10.2 Å². The summed E-state index contributed by atoms with van der Waals surface area (Å²) in [6.45, 7) is 8.28. The van der Waals surface area contributed by atoms with E-state index >= 15 is 0 Å². The summed E-state index contributed by atoms with van der Waals surface area (Å²) in [6.07, 6.45) is 0.215. The summed E-state index contributed by atoms with van der Waals surface area (Å²) in [4.78, 5) is 26.6. The van der Waals surface area contributed by atoms with Crippen LogP contribution in [0.4, 0.5) is 5.69 Å². The Morgan fingerprint density at radius 2 is 1.83 bits per heavy atom. The van der Waals surface area contributed by atoms with Crippen molar-refractivity contribution in [2.75, 3.05) is 6.54 Å². The van der Waals surface area contributed by atoms with Crippen LogP contribution in [0.5, 0.6) is 5.75 Å². The lowest BCUT2D eigenvalue weighted by molar-refractivity contribution is -0.385. The van der Waals surface area contributed by atoms with Crippen LogP contribution in [0.1, 0.15) is 54.9 Å². The molecule has 0 spiro atoms. The Labute approximate surface area is 214 Å². The monoisotopic (exact) mass is 508 g/mol. The molecule has 2 N–H and O–H groups in total. The molecule has 0 aliphatic carbocycles. The van der Waals surface area contributed by atoms with Crippen LogP contribution >= 0.6 is 12.2 Å². The van der Waals surface area contributed by atoms with Crippen LogP contribution in [0.2, 0.25) is 0 Å². The van der Waals surface area contributed by atoms with E-state index in [1.807, 2.05) is 24.3 Å². The summed E-state index contributed by atoms with van der Waals surface area (Å²) in [5.74, 6) is -1.34. The number of nitro groups is 1. The molecule has 2 aromatic carbocycles. The quantitative estimate of drug-likeness (QED) is 0.187. The van der Waals surface area contributed by atoms with Gasteiger partial charge in [0, 0.05) is 30.0 Å². The van der Waals surface area contributed by atoms with Gasteiger partial charge in [-0.1, -0.05) is 63.3 Å². The van der Waals surface area contributed by atoms with Crippen molar-refractivity contribution in [3.63, 3.8) is 0 Å². The second-order valence-corrected chi connectivity index (χ2v) is 10.1. The molecule has 0 unspecified atom stereocenters. The first kappa shape index (κ1) is 26.7. The molecule has 9 nitrogen and oxygen atoms in total. The first-order valence-corrected chi connectivity index (χ1v) is 11.6. The molecule has 10 heteroatoms. The Morgan fingerprint density at radius 1 is 1.19 bits per heavy atom. The highest BCUT2D eigenvalue weighted by atomic mass is 32.1. The number of carbonyl (C=O) groups is 1. The number of aromatic hydroxyl groups is 1. The predicted molar refractivity (Wildman–Crippen MR) is 142 cm³/mol. The zero-order valence-corrected chi connectivity index (χ0v) is 21.6. The van der Waals surface area contributed by atoms with E-state index in [0.29, 0.717) is 27.5 Å². The fourth-order valence-corrected chi connectivity index (χ4v) is 4.02.